The van der Waals surface area contributed by atoms with Crippen LogP contribution in [0.25, 0.3) is 11.4 Å². The minimum absolute atomic E-state index is 0.845. The van der Waals surface area contributed by atoms with Gasteiger partial charge >= 0.3 is 0 Å². The first kappa shape index (κ1) is 9.08. The van der Waals surface area contributed by atoms with Crippen LogP contribution in [0.4, 0.5) is 5.69 Å². The van der Waals surface area contributed by atoms with Crippen LogP contribution in [0.5, 0.6) is 0 Å². The number of nitrogens with zero attached hydrogens (tertiary/aromatic N) is 3. The average Bonchev–Trinajstić information content (AvgIpc) is 2.71. The molecule has 0 spiro atoms. The molecule has 0 aromatic carbocycles. The third-order valence-electron chi connectivity index (χ3n) is 2.05. The number of nitrogens with one attached hydrogen (secondary N) is 1. The summed E-state index contributed by atoms with van der Waals surface area (Å²) in [6.45, 7) is 2.01. The van der Waals surface area contributed by atoms with Crippen LogP contribution in [0, 0.1) is 6.92 Å². The molecule has 2 heterocycles. The zero-order valence-electron chi connectivity index (χ0n) is 7.98. The minimum atomic E-state index is 0.845. The Kier molecular flexibility index (Phi) is 2.41. The van der Waals surface area contributed by atoms with Gasteiger partial charge in [-0.2, -0.15) is 5.10 Å². The molecule has 2 rings (SSSR count). The van der Waals surface area contributed by atoms with Gasteiger partial charge in [-0.3, -0.25) is 0 Å². The lowest BCUT2D eigenvalue weighted by Crippen LogP contribution is -1.98. The minimum Gasteiger partial charge on any atom is -0.387 e. The van der Waals surface area contributed by atoms with E-state index in [1.807, 2.05) is 19.4 Å². The predicted octanol–water partition coefficient (Wildman–Crippen LogP) is 1.95. The maximum absolute atomic E-state index is 4.21. The molecule has 0 radical (unpaired) electrons. The molecule has 14 heavy (non-hydrogen) atoms. The van der Waals surface area contributed by atoms with Gasteiger partial charge in [0.05, 0.1) is 17.4 Å². The van der Waals surface area contributed by atoms with E-state index in [2.05, 4.69) is 20.5 Å². The van der Waals surface area contributed by atoms with Crippen LogP contribution in [-0.2, 0) is 0 Å². The van der Waals surface area contributed by atoms with E-state index in [1.165, 1.54) is 0 Å². The number of aromatic nitrogens is 3. The first-order valence-electron chi connectivity index (χ1n) is 4.21. The number of rotatable bonds is 2. The molecule has 0 amide bonds. The van der Waals surface area contributed by atoms with Crippen LogP contribution in [-0.4, -0.2) is 22.2 Å². The van der Waals surface area contributed by atoms with E-state index < -0.39 is 0 Å². The molecule has 0 bridgehead atoms. The number of thiazole rings is 1. The summed E-state index contributed by atoms with van der Waals surface area (Å²) in [5.41, 5.74) is 5.59. The molecule has 0 atom stereocenters. The molecule has 5 heteroatoms. The van der Waals surface area contributed by atoms with E-state index in [0.717, 1.165) is 22.6 Å². The Morgan fingerprint density at radius 3 is 2.93 bits per heavy atom. The molecular formula is C9H10N4S. The largest absolute Gasteiger partial charge is 0.387 e. The molecule has 2 aromatic rings. The Morgan fingerprint density at radius 2 is 2.29 bits per heavy atom. The second-order valence-electron chi connectivity index (χ2n) is 2.86. The van der Waals surface area contributed by atoms with Crippen molar-refractivity contribution in [2.75, 3.05) is 12.4 Å². The highest BCUT2D eigenvalue weighted by Gasteiger charge is 2.08. The number of hydrogen-bond acceptors (Lipinski definition) is 5. The molecule has 0 aliphatic rings. The van der Waals surface area contributed by atoms with E-state index >= 15 is 0 Å². The Labute approximate surface area is 86.0 Å². The summed E-state index contributed by atoms with van der Waals surface area (Å²) in [6, 6.07) is 0. The molecule has 4 nitrogen and oxygen atoms in total. The van der Waals surface area contributed by atoms with Gasteiger partial charge in [0.25, 0.3) is 0 Å². The van der Waals surface area contributed by atoms with Crippen LogP contribution < -0.4 is 5.32 Å². The smallest absolute Gasteiger partial charge is 0.117 e. The predicted molar refractivity (Wildman–Crippen MR) is 57.4 cm³/mol. The van der Waals surface area contributed by atoms with Gasteiger partial charge in [0.15, 0.2) is 0 Å². The molecule has 72 valence electrons. The summed E-state index contributed by atoms with van der Waals surface area (Å²) in [5, 5.41) is 13.0. The molecule has 1 N–H and O–H groups in total. The van der Waals surface area contributed by atoms with Crippen molar-refractivity contribution in [3.8, 4) is 11.4 Å². The molecule has 0 aliphatic carbocycles. The zero-order chi connectivity index (χ0) is 9.97. The second kappa shape index (κ2) is 3.71. The fourth-order valence-electron chi connectivity index (χ4n) is 1.27. The SMILES string of the molecule is CNc1cnnc(-c2cscn2)c1C. The van der Waals surface area contributed by atoms with E-state index in [1.54, 1.807) is 23.0 Å². The summed E-state index contributed by atoms with van der Waals surface area (Å²) in [4.78, 5) is 4.21. The summed E-state index contributed by atoms with van der Waals surface area (Å²) in [5.74, 6) is 0. The summed E-state index contributed by atoms with van der Waals surface area (Å²) < 4.78 is 0. The van der Waals surface area contributed by atoms with Gasteiger partial charge in [0.2, 0.25) is 0 Å². The number of anilines is 1. The normalized spacial score (nSPS) is 10.1. The van der Waals surface area contributed by atoms with Crippen molar-refractivity contribution in [2.45, 2.75) is 6.92 Å². The van der Waals surface area contributed by atoms with Crippen molar-refractivity contribution in [3.05, 3.63) is 22.7 Å². The van der Waals surface area contributed by atoms with E-state index in [9.17, 15) is 0 Å². The monoisotopic (exact) mass is 206 g/mol. The first-order chi connectivity index (χ1) is 6.83. The highest BCUT2D eigenvalue weighted by atomic mass is 32.1. The van der Waals surface area contributed by atoms with Crippen LogP contribution in [0.3, 0.4) is 0 Å². The van der Waals surface area contributed by atoms with Gasteiger partial charge in [-0.05, 0) is 6.92 Å². The Morgan fingerprint density at radius 1 is 1.43 bits per heavy atom. The molecule has 2 aromatic heterocycles. The molecule has 0 saturated carbocycles. The van der Waals surface area contributed by atoms with Crippen molar-refractivity contribution < 1.29 is 0 Å². The van der Waals surface area contributed by atoms with Crippen molar-refractivity contribution in [2.24, 2.45) is 0 Å². The van der Waals surface area contributed by atoms with Crippen LogP contribution in [0.2, 0.25) is 0 Å². The summed E-state index contributed by atoms with van der Waals surface area (Å²) in [6.07, 6.45) is 1.71. The lowest BCUT2D eigenvalue weighted by molar-refractivity contribution is 1.02. The van der Waals surface area contributed by atoms with E-state index in [4.69, 9.17) is 0 Å². The van der Waals surface area contributed by atoms with Gasteiger partial charge < -0.3 is 5.32 Å². The lowest BCUT2D eigenvalue weighted by Gasteiger charge is -2.06. The molecule has 0 fully saturated rings. The Bertz CT molecular complexity index is 424. The second-order valence-corrected chi connectivity index (χ2v) is 3.57. The molecule has 0 saturated heterocycles. The first-order valence-corrected chi connectivity index (χ1v) is 5.16. The third-order valence-corrected chi connectivity index (χ3v) is 2.63. The van der Waals surface area contributed by atoms with Crippen LogP contribution >= 0.6 is 11.3 Å². The van der Waals surface area contributed by atoms with Crippen molar-refractivity contribution >= 4 is 17.0 Å². The fraction of sp³-hybridized carbons (Fsp3) is 0.222. The molecular weight excluding hydrogens is 196 g/mol. The van der Waals surface area contributed by atoms with Crippen molar-refractivity contribution in [3.63, 3.8) is 0 Å². The van der Waals surface area contributed by atoms with Gasteiger partial charge in [-0.1, -0.05) is 0 Å². The quantitative estimate of drug-likeness (QED) is 0.816. The summed E-state index contributed by atoms with van der Waals surface area (Å²) >= 11 is 1.56. The van der Waals surface area contributed by atoms with Crippen LogP contribution in [0.15, 0.2) is 17.1 Å². The van der Waals surface area contributed by atoms with Crippen LogP contribution in [0.1, 0.15) is 5.56 Å². The Balaban J connectivity index is 2.54. The van der Waals surface area contributed by atoms with Gasteiger partial charge in [-0.15, -0.1) is 16.4 Å². The summed E-state index contributed by atoms with van der Waals surface area (Å²) in [7, 11) is 1.87. The van der Waals surface area contributed by atoms with Gasteiger partial charge in [0, 0.05) is 18.0 Å². The Hall–Kier alpha value is -1.49. The maximum atomic E-state index is 4.21. The highest BCUT2D eigenvalue weighted by Crippen LogP contribution is 2.24. The third kappa shape index (κ3) is 1.46. The van der Waals surface area contributed by atoms with Crippen molar-refractivity contribution in [1.82, 2.24) is 15.2 Å². The number of hydrogen-bond donors (Lipinski definition) is 1. The fourth-order valence-corrected chi connectivity index (χ4v) is 1.81. The topological polar surface area (TPSA) is 50.7 Å². The van der Waals surface area contributed by atoms with Crippen molar-refractivity contribution in [1.29, 1.82) is 0 Å². The van der Waals surface area contributed by atoms with E-state index in [-0.39, 0.29) is 0 Å². The van der Waals surface area contributed by atoms with Gasteiger partial charge in [-0.25, -0.2) is 4.98 Å². The zero-order valence-corrected chi connectivity index (χ0v) is 8.80. The average molecular weight is 206 g/mol. The van der Waals surface area contributed by atoms with E-state index in [0.29, 0.717) is 0 Å². The lowest BCUT2D eigenvalue weighted by atomic mass is 10.2. The van der Waals surface area contributed by atoms with Gasteiger partial charge in [0.1, 0.15) is 11.4 Å². The maximum Gasteiger partial charge on any atom is 0.117 e. The highest BCUT2D eigenvalue weighted by molar-refractivity contribution is 7.07. The molecule has 0 unspecified atom stereocenters. The standard InChI is InChI=1S/C9H10N4S/c1-6-7(10-2)3-12-13-9(6)8-4-14-5-11-8/h3-5H,1-2H3,(H,10,13). The molecule has 0 aliphatic heterocycles.